The molecule has 0 N–H and O–H groups in total. The molecule has 6 aliphatic carbocycles. The molecule has 252 valence electrons. The van der Waals surface area contributed by atoms with Crippen molar-refractivity contribution in [2.24, 2.45) is 0 Å². The summed E-state index contributed by atoms with van der Waals surface area (Å²) in [6.07, 6.45) is 46.0. The van der Waals surface area contributed by atoms with Crippen LogP contribution in [0.15, 0.2) is 0 Å². The fourth-order valence-electron chi connectivity index (χ4n) is 11.6. The SMILES string of the molecule is C1CCC([PH+](C2CCCCC2)C2CCCCC2)CC1.C[C](=[Ru]([Cl])[Cl])[P+](C1CCCCC1)(C1CCCCC1)C1CCCCC1. The Bertz CT molecular complexity index is 719. The topological polar surface area (TPSA) is 0 Å². The molecule has 6 fully saturated rings. The van der Waals surface area contributed by atoms with Crippen LogP contribution < -0.4 is 0 Å². The van der Waals surface area contributed by atoms with Crippen molar-refractivity contribution in [1.82, 2.24) is 0 Å². The van der Waals surface area contributed by atoms with Gasteiger partial charge in [-0.3, -0.25) is 0 Å². The summed E-state index contributed by atoms with van der Waals surface area (Å²) in [5.74, 6) is 0. The van der Waals surface area contributed by atoms with Crippen molar-refractivity contribution < 1.29 is 13.5 Å². The van der Waals surface area contributed by atoms with E-state index in [1.54, 1.807) is 100 Å². The van der Waals surface area contributed by atoms with E-state index in [0.29, 0.717) is 0 Å². The summed E-state index contributed by atoms with van der Waals surface area (Å²) < 4.78 is 1.71. The van der Waals surface area contributed by atoms with Crippen LogP contribution >= 0.6 is 34.6 Å². The van der Waals surface area contributed by atoms with Crippen LogP contribution in [0.25, 0.3) is 0 Å². The molecule has 43 heavy (non-hydrogen) atoms. The maximum atomic E-state index is 6.77. The fourth-order valence-corrected chi connectivity index (χ4v) is 32.0. The van der Waals surface area contributed by atoms with Crippen LogP contribution in [0.3, 0.4) is 0 Å². The molecule has 0 aromatic carbocycles. The van der Waals surface area contributed by atoms with Gasteiger partial charge in [-0.1, -0.05) is 19.3 Å². The van der Waals surface area contributed by atoms with E-state index in [9.17, 15) is 0 Å². The first-order chi connectivity index (χ1) is 21.1. The predicted molar refractivity (Wildman–Crippen MR) is 199 cm³/mol. The van der Waals surface area contributed by atoms with Crippen LogP contribution in [0.1, 0.15) is 200 Å². The standard InChI is InChI=1S/C20H36P.C18H33P.2ClH.Ru/c1-2-21(18-12-6-3-7-13-18,19-14-8-4-9-15-19)20-16-10-5-11-17-20;1-4-10-16(11-5-1)19(17-12-6-2-7-13-17)18-14-8-3-9-15-18;;;/h18-20H,3-17H2,1H3;16-18H,1-15H2;2*1H;/q+1;;;;+2/p-1. The molecule has 0 spiro atoms. The molecule has 0 nitrogen and oxygen atoms in total. The first-order valence-electron chi connectivity index (χ1n) is 19.7. The van der Waals surface area contributed by atoms with Gasteiger partial charge in [0.1, 0.15) is 0 Å². The first kappa shape index (κ1) is 36.2. The Balaban J connectivity index is 0.000000176. The van der Waals surface area contributed by atoms with Gasteiger partial charge in [0.15, 0.2) is 0 Å². The molecule has 5 heteroatoms. The van der Waals surface area contributed by atoms with Crippen molar-refractivity contribution in [3.8, 4) is 0 Å². The zero-order chi connectivity index (χ0) is 29.9. The Morgan fingerprint density at radius 1 is 0.419 bits per heavy atom. The molecular weight excluding hydrogens is 690 g/mol. The van der Waals surface area contributed by atoms with Crippen LogP contribution in [0.5, 0.6) is 0 Å². The van der Waals surface area contributed by atoms with Gasteiger partial charge in [-0.25, -0.2) is 0 Å². The van der Waals surface area contributed by atoms with Gasteiger partial charge in [-0.2, -0.15) is 0 Å². The first-order valence-corrected chi connectivity index (χ1v) is 28.8. The van der Waals surface area contributed by atoms with Gasteiger partial charge in [0.05, 0.1) is 17.0 Å². The molecule has 0 unspecified atom stereocenters. The number of hydrogen-bond acceptors (Lipinski definition) is 0. The van der Waals surface area contributed by atoms with Crippen molar-refractivity contribution in [3.63, 3.8) is 0 Å². The second kappa shape index (κ2) is 19.2. The zero-order valence-electron chi connectivity index (χ0n) is 28.2. The number of hydrogen-bond donors (Lipinski definition) is 0. The van der Waals surface area contributed by atoms with Crippen LogP contribution in [0.4, 0.5) is 0 Å². The summed E-state index contributed by atoms with van der Waals surface area (Å²) in [5.41, 5.74) is 6.66. The monoisotopic (exact) mass is 760 g/mol. The molecule has 0 saturated heterocycles. The maximum absolute atomic E-state index is 6.77. The molecule has 0 bridgehead atoms. The molecule has 6 aliphatic rings. The third kappa shape index (κ3) is 9.55. The molecule has 0 aromatic rings. The fraction of sp³-hybridized carbons (Fsp3) is 0.974. The van der Waals surface area contributed by atoms with Gasteiger partial charge in [0.25, 0.3) is 0 Å². The van der Waals surface area contributed by atoms with Gasteiger partial charge < -0.3 is 0 Å². The Morgan fingerprint density at radius 3 is 0.884 bits per heavy atom. The van der Waals surface area contributed by atoms with Crippen LogP contribution in [-0.2, 0) is 13.5 Å². The van der Waals surface area contributed by atoms with E-state index < -0.39 is 20.8 Å². The molecule has 6 saturated carbocycles. The molecule has 0 heterocycles. The Morgan fingerprint density at radius 2 is 0.651 bits per heavy atom. The van der Waals surface area contributed by atoms with Gasteiger partial charge in [-0.05, 0) is 77.0 Å². The summed E-state index contributed by atoms with van der Waals surface area (Å²) in [6.45, 7) is 2.45. The average molecular weight is 761 g/mol. The normalized spacial score (nSPS) is 27.5. The van der Waals surface area contributed by atoms with Gasteiger partial charge in [0, 0.05) is 7.92 Å². The van der Waals surface area contributed by atoms with Crippen LogP contribution in [-0.4, -0.2) is 37.8 Å². The Kier molecular flexibility index (Phi) is 16.2. The molecule has 0 amide bonds. The van der Waals surface area contributed by atoms with Crippen LogP contribution in [0, 0.1) is 0 Å². The summed E-state index contributed by atoms with van der Waals surface area (Å²) in [6, 6.07) is 0. The molecule has 0 atom stereocenters. The van der Waals surface area contributed by atoms with Gasteiger partial charge >= 0.3 is 164 Å². The second-order valence-corrected chi connectivity index (χ2v) is 30.7. The van der Waals surface area contributed by atoms with E-state index >= 15 is 0 Å². The van der Waals surface area contributed by atoms with Gasteiger partial charge in [0.2, 0.25) is 0 Å². The van der Waals surface area contributed by atoms with E-state index in [4.69, 9.17) is 19.4 Å². The Hall–Kier alpha value is 1.93. The molecule has 0 radical (unpaired) electrons. The van der Waals surface area contributed by atoms with E-state index in [2.05, 4.69) is 6.92 Å². The summed E-state index contributed by atoms with van der Waals surface area (Å²) in [4.78, 5) is 0. The van der Waals surface area contributed by atoms with Crippen molar-refractivity contribution in [2.45, 2.75) is 234 Å². The molecule has 0 aliphatic heterocycles. The van der Waals surface area contributed by atoms with E-state index in [1.807, 2.05) is 0 Å². The summed E-state index contributed by atoms with van der Waals surface area (Å²) in [5, 5.41) is 0. The minimum absolute atomic E-state index is 0.0465. The molecular formula is C38H70Cl2P2Ru+2. The third-order valence-electron chi connectivity index (χ3n) is 13.5. The van der Waals surface area contributed by atoms with E-state index in [0.717, 1.165) is 17.0 Å². The second-order valence-electron chi connectivity index (χ2n) is 15.9. The molecule has 6 rings (SSSR count). The van der Waals surface area contributed by atoms with E-state index in [-0.39, 0.29) is 7.92 Å². The number of halogens is 2. The van der Waals surface area contributed by atoms with Crippen molar-refractivity contribution >= 4 is 38.4 Å². The van der Waals surface area contributed by atoms with Crippen molar-refractivity contribution in [2.75, 3.05) is 0 Å². The quantitative estimate of drug-likeness (QED) is 0.179. The van der Waals surface area contributed by atoms with Crippen LogP contribution in [0.2, 0.25) is 0 Å². The number of rotatable bonds is 7. The van der Waals surface area contributed by atoms with E-state index in [1.165, 1.54) is 113 Å². The third-order valence-corrected chi connectivity index (χ3v) is 31.6. The average Bonchev–Trinajstić information content (AvgIpc) is 3.08. The predicted octanol–water partition coefficient (Wildman–Crippen LogP) is 14.3. The summed E-state index contributed by atoms with van der Waals surface area (Å²) in [7, 11) is 12.3. The Labute approximate surface area is 283 Å². The van der Waals surface area contributed by atoms with Crippen molar-refractivity contribution in [3.05, 3.63) is 0 Å². The minimum atomic E-state index is -1.74. The zero-order valence-corrected chi connectivity index (χ0v) is 33.4. The van der Waals surface area contributed by atoms with Crippen molar-refractivity contribution in [1.29, 1.82) is 0 Å². The summed E-state index contributed by atoms with van der Waals surface area (Å²) >= 11 is -1.74. The molecule has 0 aromatic heterocycles. The van der Waals surface area contributed by atoms with Gasteiger partial charge in [-0.15, -0.1) is 0 Å².